The van der Waals surface area contributed by atoms with Crippen LogP contribution in [0.3, 0.4) is 0 Å². The Morgan fingerprint density at radius 1 is 1.12 bits per heavy atom. The fraction of sp³-hybridized carbons (Fsp3) is 0.478. The minimum Gasteiger partial charge on any atom is -0.454 e. The number of aromatic nitrogens is 1. The highest BCUT2D eigenvalue weighted by atomic mass is 16.7. The molecule has 0 radical (unpaired) electrons. The summed E-state index contributed by atoms with van der Waals surface area (Å²) in [7, 11) is 0. The molecule has 2 aliphatic rings. The van der Waals surface area contributed by atoms with Crippen molar-refractivity contribution in [3.63, 3.8) is 0 Å². The van der Waals surface area contributed by atoms with Crippen LogP contribution in [0.2, 0.25) is 0 Å². The molecule has 0 aliphatic carbocycles. The van der Waals surface area contributed by atoms with Crippen LogP contribution in [0.4, 0.5) is 5.82 Å². The number of hydrogen-bond donors (Lipinski definition) is 2. The van der Waals surface area contributed by atoms with Crippen molar-refractivity contribution in [2.75, 3.05) is 31.8 Å². The number of benzene rings is 1. The molecule has 1 atom stereocenters. The molecule has 0 saturated carbocycles. The number of hydrogen-bond acceptors (Lipinski definition) is 8. The zero-order chi connectivity index (χ0) is 23.9. The lowest BCUT2D eigenvalue weighted by Crippen LogP contribution is -2.42. The standard InChI is InChI=1S/C23H28N4O7/c1-15-9-20(26-34-15)25-21(28)6-7-23(30)27(13-22(29)24-11-17-3-2-8-31-17)12-16-4-5-18-19(10-16)33-14-32-18/h4-5,9-10,17H,2-3,6-8,11-14H2,1H3,(H,24,29)(H,25,26,28)/t17-/m0/s1. The van der Waals surface area contributed by atoms with E-state index in [1.807, 2.05) is 6.07 Å². The van der Waals surface area contributed by atoms with Gasteiger partial charge in [-0.05, 0) is 37.5 Å². The van der Waals surface area contributed by atoms with Crippen molar-refractivity contribution in [1.82, 2.24) is 15.4 Å². The topological polar surface area (TPSA) is 132 Å². The van der Waals surface area contributed by atoms with Gasteiger partial charge in [-0.2, -0.15) is 0 Å². The van der Waals surface area contributed by atoms with E-state index in [2.05, 4.69) is 15.8 Å². The van der Waals surface area contributed by atoms with Crippen molar-refractivity contribution in [2.24, 2.45) is 0 Å². The van der Waals surface area contributed by atoms with E-state index < -0.39 is 0 Å². The predicted molar refractivity (Wildman–Crippen MR) is 119 cm³/mol. The number of rotatable bonds is 10. The number of nitrogens with zero attached hydrogens (tertiary/aromatic N) is 2. The van der Waals surface area contributed by atoms with Crippen LogP contribution < -0.4 is 20.1 Å². The maximum atomic E-state index is 13.0. The highest BCUT2D eigenvalue weighted by molar-refractivity contribution is 5.93. The summed E-state index contributed by atoms with van der Waals surface area (Å²) in [6.07, 6.45) is 1.77. The Balaban J connectivity index is 1.35. The molecule has 1 aromatic heterocycles. The van der Waals surface area contributed by atoms with Crippen LogP contribution >= 0.6 is 0 Å². The number of anilines is 1. The monoisotopic (exact) mass is 472 g/mol. The summed E-state index contributed by atoms with van der Waals surface area (Å²) in [6, 6.07) is 6.96. The van der Waals surface area contributed by atoms with Gasteiger partial charge < -0.3 is 34.3 Å². The Hall–Kier alpha value is -3.60. The van der Waals surface area contributed by atoms with E-state index in [1.54, 1.807) is 25.1 Å². The molecule has 2 N–H and O–H groups in total. The molecule has 0 spiro atoms. The van der Waals surface area contributed by atoms with E-state index in [0.29, 0.717) is 36.2 Å². The molecule has 1 fully saturated rings. The van der Waals surface area contributed by atoms with Gasteiger partial charge in [-0.3, -0.25) is 14.4 Å². The minimum atomic E-state index is -0.368. The smallest absolute Gasteiger partial charge is 0.239 e. The van der Waals surface area contributed by atoms with Crippen LogP contribution in [-0.2, 0) is 25.7 Å². The second-order valence-corrected chi connectivity index (χ2v) is 8.25. The molecular formula is C23H28N4O7. The summed E-state index contributed by atoms with van der Waals surface area (Å²) in [5.74, 6) is 1.11. The molecule has 0 unspecified atom stereocenters. The first kappa shape index (κ1) is 23.6. The Morgan fingerprint density at radius 2 is 1.97 bits per heavy atom. The van der Waals surface area contributed by atoms with Gasteiger partial charge in [0, 0.05) is 38.6 Å². The molecule has 182 valence electrons. The van der Waals surface area contributed by atoms with Crippen LogP contribution in [0.25, 0.3) is 0 Å². The van der Waals surface area contributed by atoms with E-state index in [1.165, 1.54) is 4.90 Å². The Morgan fingerprint density at radius 3 is 2.74 bits per heavy atom. The Kier molecular flexibility index (Phi) is 7.63. The van der Waals surface area contributed by atoms with E-state index in [-0.39, 0.29) is 56.5 Å². The van der Waals surface area contributed by atoms with E-state index in [9.17, 15) is 14.4 Å². The Labute approximate surface area is 196 Å². The summed E-state index contributed by atoms with van der Waals surface area (Å²) in [5, 5.41) is 9.13. The van der Waals surface area contributed by atoms with Crippen molar-refractivity contribution in [3.8, 4) is 11.5 Å². The summed E-state index contributed by atoms with van der Waals surface area (Å²) < 4.78 is 21.2. The van der Waals surface area contributed by atoms with Crippen LogP contribution in [0.15, 0.2) is 28.8 Å². The average molecular weight is 472 g/mol. The largest absolute Gasteiger partial charge is 0.454 e. The van der Waals surface area contributed by atoms with Gasteiger partial charge in [0.05, 0.1) is 12.6 Å². The van der Waals surface area contributed by atoms with Gasteiger partial charge in [0.1, 0.15) is 5.76 Å². The zero-order valence-corrected chi connectivity index (χ0v) is 19.0. The highest BCUT2D eigenvalue weighted by Crippen LogP contribution is 2.32. The third kappa shape index (κ3) is 6.47. The van der Waals surface area contributed by atoms with E-state index >= 15 is 0 Å². The van der Waals surface area contributed by atoms with Gasteiger partial charge in [0.15, 0.2) is 17.3 Å². The number of carbonyl (C=O) groups excluding carboxylic acids is 3. The SMILES string of the molecule is Cc1cc(NC(=O)CCC(=O)N(CC(=O)NC[C@@H]2CCCO2)Cc2ccc3c(c2)OCO3)no1. The van der Waals surface area contributed by atoms with E-state index in [4.69, 9.17) is 18.7 Å². The van der Waals surface area contributed by atoms with Crippen LogP contribution in [-0.4, -0.2) is 60.4 Å². The number of amides is 3. The lowest BCUT2D eigenvalue weighted by Gasteiger charge is -2.23. The van der Waals surface area contributed by atoms with Crippen LogP contribution in [0.1, 0.15) is 37.0 Å². The Bertz CT molecular complexity index is 1030. The van der Waals surface area contributed by atoms with Crippen molar-refractivity contribution < 1.29 is 33.1 Å². The number of ether oxygens (including phenoxy) is 3. The predicted octanol–water partition coefficient (Wildman–Crippen LogP) is 1.75. The van der Waals surface area contributed by atoms with Crippen molar-refractivity contribution in [2.45, 2.75) is 45.3 Å². The van der Waals surface area contributed by atoms with Gasteiger partial charge in [0.2, 0.25) is 24.5 Å². The lowest BCUT2D eigenvalue weighted by molar-refractivity contribution is -0.137. The maximum Gasteiger partial charge on any atom is 0.239 e. The molecule has 1 aromatic carbocycles. The second-order valence-electron chi connectivity index (χ2n) is 8.25. The molecule has 4 rings (SSSR count). The number of nitrogens with one attached hydrogen (secondary N) is 2. The molecule has 1 saturated heterocycles. The van der Waals surface area contributed by atoms with Crippen molar-refractivity contribution in [1.29, 1.82) is 0 Å². The number of aryl methyl sites for hydroxylation is 1. The van der Waals surface area contributed by atoms with Crippen molar-refractivity contribution >= 4 is 23.5 Å². The van der Waals surface area contributed by atoms with Gasteiger partial charge >= 0.3 is 0 Å². The zero-order valence-electron chi connectivity index (χ0n) is 19.0. The lowest BCUT2D eigenvalue weighted by atomic mass is 10.1. The third-order valence-corrected chi connectivity index (χ3v) is 5.51. The number of carbonyl (C=O) groups is 3. The first-order valence-corrected chi connectivity index (χ1v) is 11.2. The molecule has 2 aliphatic heterocycles. The molecule has 11 nitrogen and oxygen atoms in total. The van der Waals surface area contributed by atoms with Crippen LogP contribution in [0, 0.1) is 6.92 Å². The molecule has 0 bridgehead atoms. The van der Waals surface area contributed by atoms with Gasteiger partial charge in [-0.15, -0.1) is 0 Å². The first-order valence-electron chi connectivity index (χ1n) is 11.2. The average Bonchev–Trinajstić information content (AvgIpc) is 3.58. The minimum absolute atomic E-state index is 0.00539. The molecule has 3 amide bonds. The molecule has 3 heterocycles. The molecule has 11 heteroatoms. The number of fused-ring (bicyclic) bond motifs is 1. The summed E-state index contributed by atoms with van der Waals surface area (Å²) in [5.41, 5.74) is 0.784. The molecular weight excluding hydrogens is 444 g/mol. The fourth-order valence-corrected chi connectivity index (χ4v) is 3.76. The van der Waals surface area contributed by atoms with Crippen LogP contribution in [0.5, 0.6) is 11.5 Å². The van der Waals surface area contributed by atoms with E-state index in [0.717, 1.165) is 18.4 Å². The van der Waals surface area contributed by atoms with Crippen molar-refractivity contribution in [3.05, 3.63) is 35.6 Å². The second kappa shape index (κ2) is 11.0. The molecule has 2 aromatic rings. The first-order chi connectivity index (χ1) is 16.5. The fourth-order valence-electron chi connectivity index (χ4n) is 3.76. The normalized spacial score (nSPS) is 16.3. The van der Waals surface area contributed by atoms with Gasteiger partial charge in [0.25, 0.3) is 0 Å². The van der Waals surface area contributed by atoms with Gasteiger partial charge in [-0.1, -0.05) is 11.2 Å². The quantitative estimate of drug-likeness (QED) is 0.535. The summed E-state index contributed by atoms with van der Waals surface area (Å²) in [4.78, 5) is 39.2. The van der Waals surface area contributed by atoms with Gasteiger partial charge in [-0.25, -0.2) is 0 Å². The summed E-state index contributed by atoms with van der Waals surface area (Å²) in [6.45, 7) is 3.02. The third-order valence-electron chi connectivity index (χ3n) is 5.51. The highest BCUT2D eigenvalue weighted by Gasteiger charge is 2.22. The molecule has 34 heavy (non-hydrogen) atoms. The maximum absolute atomic E-state index is 13.0. The summed E-state index contributed by atoms with van der Waals surface area (Å²) >= 11 is 0.